The molecule has 0 aliphatic carbocycles. The SMILES string of the molecule is Cn1ncc2c(-c3nnn[nH]3)cc(Br)cc21. The van der Waals surface area contributed by atoms with E-state index in [1.54, 1.807) is 6.20 Å². The van der Waals surface area contributed by atoms with Gasteiger partial charge >= 0.3 is 0 Å². The molecule has 0 aliphatic heterocycles. The summed E-state index contributed by atoms with van der Waals surface area (Å²) in [5, 5.41) is 19.1. The lowest BCUT2D eigenvalue weighted by Gasteiger charge is -2.00. The fraction of sp³-hybridized carbons (Fsp3) is 0.111. The fourth-order valence-electron chi connectivity index (χ4n) is 1.68. The topological polar surface area (TPSA) is 72.3 Å². The van der Waals surface area contributed by atoms with Gasteiger partial charge in [0.1, 0.15) is 0 Å². The largest absolute Gasteiger partial charge is 0.268 e. The number of H-pyrrole nitrogens is 1. The van der Waals surface area contributed by atoms with E-state index in [1.165, 1.54) is 0 Å². The molecule has 0 aliphatic rings. The highest BCUT2D eigenvalue weighted by atomic mass is 79.9. The summed E-state index contributed by atoms with van der Waals surface area (Å²) in [4.78, 5) is 0. The van der Waals surface area contributed by atoms with Gasteiger partial charge in [0.2, 0.25) is 0 Å². The first-order valence-electron chi connectivity index (χ1n) is 4.61. The fourth-order valence-corrected chi connectivity index (χ4v) is 2.13. The molecule has 0 saturated heterocycles. The summed E-state index contributed by atoms with van der Waals surface area (Å²) in [6, 6.07) is 3.97. The van der Waals surface area contributed by atoms with Crippen LogP contribution in [0.15, 0.2) is 22.8 Å². The van der Waals surface area contributed by atoms with Gasteiger partial charge in [-0.15, -0.1) is 5.10 Å². The molecule has 0 fully saturated rings. The number of fused-ring (bicyclic) bond motifs is 1. The number of rotatable bonds is 1. The molecule has 2 aromatic heterocycles. The zero-order valence-corrected chi connectivity index (χ0v) is 9.93. The Morgan fingerprint density at radius 3 is 3.00 bits per heavy atom. The molecule has 0 atom stereocenters. The van der Waals surface area contributed by atoms with Crippen molar-refractivity contribution in [1.29, 1.82) is 0 Å². The van der Waals surface area contributed by atoms with Gasteiger partial charge in [0.05, 0.1) is 11.7 Å². The molecular weight excluding hydrogens is 272 g/mol. The number of aromatic amines is 1. The Morgan fingerprint density at radius 2 is 2.25 bits per heavy atom. The number of aryl methyl sites for hydroxylation is 1. The number of benzene rings is 1. The van der Waals surface area contributed by atoms with E-state index in [-0.39, 0.29) is 0 Å². The number of nitrogens with zero attached hydrogens (tertiary/aromatic N) is 5. The van der Waals surface area contributed by atoms with E-state index >= 15 is 0 Å². The van der Waals surface area contributed by atoms with Crippen molar-refractivity contribution in [3.05, 3.63) is 22.8 Å². The molecule has 7 heteroatoms. The second kappa shape index (κ2) is 3.38. The number of hydrogen-bond acceptors (Lipinski definition) is 4. The van der Waals surface area contributed by atoms with Crippen molar-refractivity contribution in [2.75, 3.05) is 0 Å². The number of nitrogens with one attached hydrogen (secondary N) is 1. The normalized spacial score (nSPS) is 11.1. The molecule has 1 N–H and O–H groups in total. The second-order valence-electron chi connectivity index (χ2n) is 3.40. The van der Waals surface area contributed by atoms with Crippen molar-refractivity contribution >= 4 is 26.8 Å². The molecule has 80 valence electrons. The lowest BCUT2D eigenvalue weighted by molar-refractivity contribution is 0.797. The van der Waals surface area contributed by atoms with Gasteiger partial charge in [-0.25, -0.2) is 5.10 Å². The van der Waals surface area contributed by atoms with Gasteiger partial charge in [-0.2, -0.15) is 5.10 Å². The molecule has 3 aromatic rings. The summed E-state index contributed by atoms with van der Waals surface area (Å²) in [6.45, 7) is 0. The zero-order valence-electron chi connectivity index (χ0n) is 8.35. The molecule has 2 heterocycles. The van der Waals surface area contributed by atoms with Crippen LogP contribution in [0.1, 0.15) is 0 Å². The standard InChI is InChI=1S/C9H7BrN6/c1-16-8-3-5(10)2-6(7(8)4-11-16)9-12-14-15-13-9/h2-4H,1H3,(H,12,13,14,15). The van der Waals surface area contributed by atoms with Crippen molar-refractivity contribution in [3.8, 4) is 11.4 Å². The Balaban J connectivity index is 2.39. The third-order valence-electron chi connectivity index (χ3n) is 2.43. The number of hydrogen-bond donors (Lipinski definition) is 1. The summed E-state index contributed by atoms with van der Waals surface area (Å²) in [5.74, 6) is 0.638. The van der Waals surface area contributed by atoms with Crippen LogP contribution in [0.5, 0.6) is 0 Å². The summed E-state index contributed by atoms with van der Waals surface area (Å²) in [5.41, 5.74) is 1.96. The van der Waals surface area contributed by atoms with Crippen LogP contribution >= 0.6 is 15.9 Å². The molecule has 0 spiro atoms. The molecule has 3 rings (SSSR count). The monoisotopic (exact) mass is 278 g/mol. The average molecular weight is 279 g/mol. The first-order valence-corrected chi connectivity index (χ1v) is 5.40. The Morgan fingerprint density at radius 1 is 1.38 bits per heavy atom. The predicted molar refractivity (Wildman–Crippen MR) is 61.6 cm³/mol. The van der Waals surface area contributed by atoms with Crippen LogP contribution in [0.3, 0.4) is 0 Å². The predicted octanol–water partition coefficient (Wildman–Crippen LogP) is 1.52. The van der Waals surface area contributed by atoms with Crippen molar-refractivity contribution in [1.82, 2.24) is 30.4 Å². The van der Waals surface area contributed by atoms with Gasteiger partial charge in [0.25, 0.3) is 0 Å². The van der Waals surface area contributed by atoms with E-state index in [0.717, 1.165) is 20.9 Å². The van der Waals surface area contributed by atoms with E-state index in [9.17, 15) is 0 Å². The summed E-state index contributed by atoms with van der Waals surface area (Å²) >= 11 is 3.46. The number of halogens is 1. The third-order valence-corrected chi connectivity index (χ3v) is 2.89. The molecule has 1 aromatic carbocycles. The molecule has 0 saturated carbocycles. The van der Waals surface area contributed by atoms with Crippen molar-refractivity contribution in [2.24, 2.45) is 7.05 Å². The second-order valence-corrected chi connectivity index (χ2v) is 4.32. The van der Waals surface area contributed by atoms with Crippen LogP contribution in [0.25, 0.3) is 22.3 Å². The molecule has 0 radical (unpaired) electrons. The van der Waals surface area contributed by atoms with Crippen molar-refractivity contribution < 1.29 is 0 Å². The van der Waals surface area contributed by atoms with Gasteiger partial charge in [0, 0.05) is 22.5 Å². The lowest BCUT2D eigenvalue weighted by atomic mass is 10.1. The summed E-state index contributed by atoms with van der Waals surface area (Å²) < 4.78 is 2.78. The molecular formula is C9H7BrN6. The van der Waals surface area contributed by atoms with Crippen LogP contribution in [-0.4, -0.2) is 30.4 Å². The van der Waals surface area contributed by atoms with Crippen LogP contribution < -0.4 is 0 Å². The molecule has 0 bridgehead atoms. The van der Waals surface area contributed by atoms with Gasteiger partial charge in [0.15, 0.2) is 5.82 Å². The number of tetrazole rings is 1. The Labute approximate surface area is 98.8 Å². The highest BCUT2D eigenvalue weighted by Crippen LogP contribution is 2.29. The van der Waals surface area contributed by atoms with E-state index in [0.29, 0.717) is 5.82 Å². The maximum Gasteiger partial charge on any atom is 0.180 e. The third kappa shape index (κ3) is 1.32. The van der Waals surface area contributed by atoms with E-state index < -0.39 is 0 Å². The minimum Gasteiger partial charge on any atom is -0.268 e. The summed E-state index contributed by atoms with van der Waals surface area (Å²) in [6.07, 6.45) is 1.81. The van der Waals surface area contributed by atoms with Gasteiger partial charge in [-0.1, -0.05) is 15.9 Å². The van der Waals surface area contributed by atoms with Crippen LogP contribution in [0, 0.1) is 0 Å². The smallest absolute Gasteiger partial charge is 0.180 e. The molecule has 0 unspecified atom stereocenters. The van der Waals surface area contributed by atoms with Crippen LogP contribution in [0.4, 0.5) is 0 Å². The first-order chi connectivity index (χ1) is 7.75. The lowest BCUT2D eigenvalue weighted by Crippen LogP contribution is -1.89. The Bertz CT molecular complexity index is 641. The van der Waals surface area contributed by atoms with Crippen molar-refractivity contribution in [2.45, 2.75) is 0 Å². The van der Waals surface area contributed by atoms with Crippen LogP contribution in [-0.2, 0) is 7.05 Å². The van der Waals surface area contributed by atoms with E-state index in [2.05, 4.69) is 41.7 Å². The molecule has 6 nitrogen and oxygen atoms in total. The van der Waals surface area contributed by atoms with E-state index in [1.807, 2.05) is 23.9 Å². The van der Waals surface area contributed by atoms with Crippen LogP contribution in [0.2, 0.25) is 0 Å². The minimum absolute atomic E-state index is 0.638. The molecule has 0 amide bonds. The number of aromatic nitrogens is 6. The van der Waals surface area contributed by atoms with Gasteiger partial charge < -0.3 is 0 Å². The maximum atomic E-state index is 4.22. The van der Waals surface area contributed by atoms with Gasteiger partial charge in [-0.05, 0) is 22.6 Å². The van der Waals surface area contributed by atoms with E-state index in [4.69, 9.17) is 0 Å². The maximum absolute atomic E-state index is 4.22. The average Bonchev–Trinajstić information content (AvgIpc) is 2.88. The molecule has 16 heavy (non-hydrogen) atoms. The highest BCUT2D eigenvalue weighted by Gasteiger charge is 2.11. The summed E-state index contributed by atoms with van der Waals surface area (Å²) in [7, 11) is 1.90. The quantitative estimate of drug-likeness (QED) is 0.733. The highest BCUT2D eigenvalue weighted by molar-refractivity contribution is 9.10. The van der Waals surface area contributed by atoms with Crippen molar-refractivity contribution in [3.63, 3.8) is 0 Å². The van der Waals surface area contributed by atoms with Gasteiger partial charge in [-0.3, -0.25) is 4.68 Å². The Kier molecular flexibility index (Phi) is 2.00. The zero-order chi connectivity index (χ0) is 11.1. The minimum atomic E-state index is 0.638. The Hall–Kier alpha value is -1.76. The first kappa shape index (κ1) is 9.46.